The first-order chi connectivity index (χ1) is 10.5. The van der Waals surface area contributed by atoms with Crippen molar-refractivity contribution >= 4 is 32.8 Å². The lowest BCUT2D eigenvalue weighted by Crippen LogP contribution is -2.32. The van der Waals surface area contributed by atoms with Gasteiger partial charge in [-0.15, -0.1) is 0 Å². The molecule has 0 bridgehead atoms. The molecule has 1 heterocycles. The van der Waals surface area contributed by atoms with E-state index in [4.69, 9.17) is 11.6 Å². The van der Waals surface area contributed by atoms with Gasteiger partial charge < -0.3 is 5.32 Å². The Hall–Kier alpha value is -1.55. The standard InChI is InChI=1S/C12H12ClF3N2O4S/c13-9-6-10(17-7-1-3-23(21,22)4-2-7)11(18(19)20)5-8(9)12(14,15)16/h5-7,17H,1-4H2. The van der Waals surface area contributed by atoms with Gasteiger partial charge in [0.25, 0.3) is 5.69 Å². The summed E-state index contributed by atoms with van der Waals surface area (Å²) in [6, 6.07) is 0.848. The van der Waals surface area contributed by atoms with Crippen LogP contribution >= 0.6 is 11.6 Å². The Bertz CT molecular complexity index is 723. The van der Waals surface area contributed by atoms with Crippen LogP contribution in [0.2, 0.25) is 5.02 Å². The van der Waals surface area contributed by atoms with Crippen LogP contribution in [0.3, 0.4) is 0 Å². The second-order valence-corrected chi connectivity index (χ2v) is 7.89. The molecule has 1 N–H and O–H groups in total. The molecule has 23 heavy (non-hydrogen) atoms. The summed E-state index contributed by atoms with van der Waals surface area (Å²) in [5.41, 5.74) is -2.20. The summed E-state index contributed by atoms with van der Waals surface area (Å²) in [4.78, 5) is 10.1. The average Bonchev–Trinajstić information content (AvgIpc) is 2.39. The Morgan fingerprint density at radius 1 is 1.26 bits per heavy atom. The van der Waals surface area contributed by atoms with E-state index in [0.29, 0.717) is 6.07 Å². The third-order valence-corrected chi connectivity index (χ3v) is 5.53. The van der Waals surface area contributed by atoms with Gasteiger partial charge in [0.15, 0.2) is 0 Å². The smallest absolute Gasteiger partial charge is 0.377 e. The number of nitro groups is 1. The highest BCUT2D eigenvalue weighted by molar-refractivity contribution is 7.91. The van der Waals surface area contributed by atoms with Crippen LogP contribution in [0.15, 0.2) is 12.1 Å². The number of alkyl halides is 3. The van der Waals surface area contributed by atoms with Gasteiger partial charge in [0.05, 0.1) is 27.0 Å². The van der Waals surface area contributed by atoms with Gasteiger partial charge in [-0.05, 0) is 18.9 Å². The van der Waals surface area contributed by atoms with Crippen molar-refractivity contribution in [2.24, 2.45) is 0 Å². The molecule has 0 aromatic heterocycles. The van der Waals surface area contributed by atoms with Crippen molar-refractivity contribution < 1.29 is 26.5 Å². The lowest BCUT2D eigenvalue weighted by Gasteiger charge is -2.24. The summed E-state index contributed by atoms with van der Waals surface area (Å²) < 4.78 is 61.0. The number of sulfone groups is 1. The molecular weight excluding hydrogens is 361 g/mol. The molecule has 1 fully saturated rings. The molecule has 2 rings (SSSR count). The normalized spacial score (nSPS) is 18.6. The fourth-order valence-electron chi connectivity index (χ4n) is 2.30. The van der Waals surface area contributed by atoms with Gasteiger partial charge in [-0.2, -0.15) is 13.2 Å². The minimum atomic E-state index is -4.81. The van der Waals surface area contributed by atoms with Crippen LogP contribution in [0.25, 0.3) is 0 Å². The first-order valence-corrected chi connectivity index (χ1v) is 8.71. The Kier molecular flexibility index (Phi) is 4.76. The van der Waals surface area contributed by atoms with E-state index in [-0.39, 0.29) is 36.1 Å². The molecular formula is C12H12ClF3N2O4S. The van der Waals surface area contributed by atoms with E-state index in [1.165, 1.54) is 0 Å². The van der Waals surface area contributed by atoms with Crippen LogP contribution in [-0.4, -0.2) is 30.9 Å². The second-order valence-electron chi connectivity index (χ2n) is 5.17. The second kappa shape index (κ2) is 6.16. The van der Waals surface area contributed by atoms with E-state index < -0.39 is 37.2 Å². The van der Waals surface area contributed by atoms with Crippen molar-refractivity contribution in [1.82, 2.24) is 0 Å². The molecule has 0 aliphatic carbocycles. The summed E-state index contributed by atoms with van der Waals surface area (Å²) in [5, 5.41) is 13.1. The maximum atomic E-state index is 12.8. The minimum absolute atomic E-state index is 0.0766. The van der Waals surface area contributed by atoms with Crippen molar-refractivity contribution in [3.8, 4) is 0 Å². The summed E-state index contributed by atoms with van der Waals surface area (Å²) in [5.74, 6) is -0.153. The number of nitrogens with zero attached hydrogens (tertiary/aromatic N) is 1. The first-order valence-electron chi connectivity index (χ1n) is 6.52. The summed E-state index contributed by atoms with van der Waals surface area (Å²) >= 11 is 5.58. The predicted octanol–water partition coefficient (Wildman–Crippen LogP) is 3.26. The first kappa shape index (κ1) is 17.8. The highest BCUT2D eigenvalue weighted by atomic mass is 35.5. The molecule has 0 atom stereocenters. The third kappa shape index (κ3) is 4.25. The van der Waals surface area contributed by atoms with Crippen molar-refractivity contribution in [1.29, 1.82) is 0 Å². The number of nitro benzene ring substituents is 1. The van der Waals surface area contributed by atoms with E-state index in [0.717, 1.165) is 6.07 Å². The zero-order valence-electron chi connectivity index (χ0n) is 11.6. The van der Waals surface area contributed by atoms with Crippen molar-refractivity contribution in [3.05, 3.63) is 32.8 Å². The van der Waals surface area contributed by atoms with E-state index in [1.807, 2.05) is 0 Å². The number of benzene rings is 1. The molecule has 1 saturated heterocycles. The van der Waals surface area contributed by atoms with Gasteiger partial charge in [-0.1, -0.05) is 11.6 Å². The van der Waals surface area contributed by atoms with Crippen LogP contribution in [0.4, 0.5) is 24.5 Å². The highest BCUT2D eigenvalue weighted by Gasteiger charge is 2.36. The average molecular weight is 373 g/mol. The summed E-state index contributed by atoms with van der Waals surface area (Å²) in [6.45, 7) is 0. The fraction of sp³-hybridized carbons (Fsp3) is 0.500. The van der Waals surface area contributed by atoms with E-state index in [1.54, 1.807) is 0 Å². The Morgan fingerprint density at radius 3 is 2.30 bits per heavy atom. The number of halogens is 4. The maximum Gasteiger partial charge on any atom is 0.418 e. The monoisotopic (exact) mass is 372 g/mol. The molecule has 11 heteroatoms. The van der Waals surface area contributed by atoms with E-state index in [2.05, 4.69) is 5.32 Å². The zero-order chi connectivity index (χ0) is 17.4. The van der Waals surface area contributed by atoms with Gasteiger partial charge >= 0.3 is 6.18 Å². The quantitative estimate of drug-likeness (QED) is 0.649. The summed E-state index contributed by atoms with van der Waals surface area (Å²) in [7, 11) is -3.12. The molecule has 0 amide bonds. The number of rotatable bonds is 3. The van der Waals surface area contributed by atoms with Crippen LogP contribution in [0.1, 0.15) is 18.4 Å². The maximum absolute atomic E-state index is 12.8. The van der Waals surface area contributed by atoms with Crippen molar-refractivity contribution in [2.75, 3.05) is 16.8 Å². The lowest BCUT2D eigenvalue weighted by molar-refractivity contribution is -0.384. The topological polar surface area (TPSA) is 89.3 Å². The van der Waals surface area contributed by atoms with Gasteiger partial charge in [0.2, 0.25) is 0 Å². The Balaban J connectivity index is 2.32. The van der Waals surface area contributed by atoms with Gasteiger partial charge in [-0.25, -0.2) is 8.42 Å². The zero-order valence-corrected chi connectivity index (χ0v) is 13.1. The molecule has 1 aromatic rings. The van der Waals surface area contributed by atoms with Crippen molar-refractivity contribution in [2.45, 2.75) is 25.1 Å². The summed E-state index contributed by atoms with van der Waals surface area (Å²) in [6.07, 6.45) is -4.37. The molecule has 0 unspecified atom stereocenters. The Labute approximate surface area is 134 Å². The Morgan fingerprint density at radius 2 is 1.83 bits per heavy atom. The fourth-order valence-corrected chi connectivity index (χ4v) is 4.06. The predicted molar refractivity (Wildman–Crippen MR) is 78.4 cm³/mol. The van der Waals surface area contributed by atoms with Gasteiger partial charge in [0.1, 0.15) is 15.5 Å². The van der Waals surface area contributed by atoms with Crippen LogP contribution < -0.4 is 5.32 Å². The van der Waals surface area contributed by atoms with Gasteiger partial charge in [-0.3, -0.25) is 10.1 Å². The van der Waals surface area contributed by atoms with Crippen LogP contribution in [0.5, 0.6) is 0 Å². The molecule has 0 spiro atoms. The van der Waals surface area contributed by atoms with Crippen LogP contribution in [-0.2, 0) is 16.0 Å². The number of hydrogen-bond donors (Lipinski definition) is 1. The van der Waals surface area contributed by atoms with E-state index >= 15 is 0 Å². The molecule has 0 saturated carbocycles. The lowest BCUT2D eigenvalue weighted by atomic mass is 10.1. The molecule has 1 aliphatic rings. The SMILES string of the molecule is O=[N+]([O-])c1cc(C(F)(F)F)c(Cl)cc1NC1CCS(=O)(=O)CC1. The molecule has 1 aliphatic heterocycles. The largest absolute Gasteiger partial charge is 0.418 e. The minimum Gasteiger partial charge on any atom is -0.377 e. The molecule has 128 valence electrons. The van der Waals surface area contributed by atoms with Crippen LogP contribution in [0, 0.1) is 10.1 Å². The van der Waals surface area contributed by atoms with E-state index in [9.17, 15) is 31.7 Å². The van der Waals surface area contributed by atoms with Crippen molar-refractivity contribution in [3.63, 3.8) is 0 Å². The molecule has 0 radical (unpaired) electrons. The number of anilines is 1. The highest BCUT2D eigenvalue weighted by Crippen LogP contribution is 2.40. The third-order valence-electron chi connectivity index (χ3n) is 3.50. The molecule has 6 nitrogen and oxygen atoms in total. The molecule has 1 aromatic carbocycles. The number of nitrogens with one attached hydrogen (secondary N) is 1. The van der Waals surface area contributed by atoms with Gasteiger partial charge in [0, 0.05) is 12.1 Å². The number of hydrogen-bond acceptors (Lipinski definition) is 5.